The van der Waals surface area contributed by atoms with Gasteiger partial charge in [0, 0.05) is 29.6 Å². The summed E-state index contributed by atoms with van der Waals surface area (Å²) in [5.74, 6) is 1.10. The summed E-state index contributed by atoms with van der Waals surface area (Å²) in [6.45, 7) is 7.41. The molecule has 2 heterocycles. The number of anilines is 1. The van der Waals surface area contributed by atoms with Gasteiger partial charge >= 0.3 is 6.09 Å². The molecule has 1 saturated carbocycles. The van der Waals surface area contributed by atoms with Gasteiger partial charge in [0.05, 0.1) is 30.0 Å². The SMILES string of the molecule is CCC(C)C(C)OC(=O)Nc1ccc(-c2c(C#N)c3ccc(OC4CCOC4)cc3n2C2CCC2)cc1. The first kappa shape index (κ1) is 25.2. The number of aromatic nitrogens is 1. The summed E-state index contributed by atoms with van der Waals surface area (Å²) in [6.07, 6.45) is 4.65. The highest BCUT2D eigenvalue weighted by molar-refractivity contribution is 5.96. The fourth-order valence-electron chi connectivity index (χ4n) is 5.06. The predicted molar refractivity (Wildman–Crippen MR) is 144 cm³/mol. The number of rotatable bonds is 8. The maximum Gasteiger partial charge on any atom is 0.411 e. The van der Waals surface area contributed by atoms with Crippen molar-refractivity contribution in [2.24, 2.45) is 5.92 Å². The van der Waals surface area contributed by atoms with E-state index in [2.05, 4.69) is 35.9 Å². The van der Waals surface area contributed by atoms with E-state index in [0.717, 1.165) is 60.2 Å². The fraction of sp³-hybridized carbons (Fsp3) is 0.467. The maximum absolute atomic E-state index is 12.4. The number of nitrogens with one attached hydrogen (secondary N) is 1. The minimum Gasteiger partial charge on any atom is -0.488 e. The van der Waals surface area contributed by atoms with E-state index in [9.17, 15) is 10.1 Å². The van der Waals surface area contributed by atoms with Gasteiger partial charge in [0.2, 0.25) is 0 Å². The minimum absolute atomic E-state index is 0.0689. The first-order valence-electron chi connectivity index (χ1n) is 13.4. The van der Waals surface area contributed by atoms with Crippen LogP contribution >= 0.6 is 0 Å². The Kier molecular flexibility index (Phi) is 7.38. The molecule has 3 atom stereocenters. The van der Waals surface area contributed by atoms with Gasteiger partial charge in [-0.05, 0) is 61.9 Å². The summed E-state index contributed by atoms with van der Waals surface area (Å²) in [4.78, 5) is 12.4. The summed E-state index contributed by atoms with van der Waals surface area (Å²) in [7, 11) is 0. The molecule has 0 spiro atoms. The van der Waals surface area contributed by atoms with Gasteiger partial charge in [0.15, 0.2) is 0 Å². The first-order valence-corrected chi connectivity index (χ1v) is 13.4. The van der Waals surface area contributed by atoms with Gasteiger partial charge < -0.3 is 18.8 Å². The van der Waals surface area contributed by atoms with Crippen LogP contribution in [0.25, 0.3) is 22.2 Å². The maximum atomic E-state index is 12.4. The van der Waals surface area contributed by atoms with E-state index in [0.29, 0.717) is 29.8 Å². The van der Waals surface area contributed by atoms with Crippen LogP contribution in [0.5, 0.6) is 5.75 Å². The zero-order chi connectivity index (χ0) is 25.9. The number of carbonyl (C=O) groups is 1. The van der Waals surface area contributed by atoms with Crippen LogP contribution in [0, 0.1) is 17.2 Å². The Morgan fingerprint density at radius 2 is 1.97 bits per heavy atom. The Morgan fingerprint density at radius 1 is 1.19 bits per heavy atom. The topological polar surface area (TPSA) is 85.5 Å². The molecule has 1 N–H and O–H groups in total. The molecule has 1 aliphatic carbocycles. The van der Waals surface area contributed by atoms with Crippen LogP contribution in [0.3, 0.4) is 0 Å². The molecule has 2 fully saturated rings. The second-order valence-corrected chi connectivity index (χ2v) is 10.3. The van der Waals surface area contributed by atoms with Crippen LogP contribution < -0.4 is 10.1 Å². The summed E-state index contributed by atoms with van der Waals surface area (Å²) in [6, 6.07) is 16.5. The van der Waals surface area contributed by atoms with Crippen molar-refractivity contribution < 1.29 is 19.0 Å². The van der Waals surface area contributed by atoms with Crippen molar-refractivity contribution in [3.8, 4) is 23.1 Å². The Morgan fingerprint density at radius 3 is 2.59 bits per heavy atom. The van der Waals surface area contributed by atoms with E-state index in [-0.39, 0.29) is 12.2 Å². The Labute approximate surface area is 218 Å². The average molecular weight is 502 g/mol. The van der Waals surface area contributed by atoms with Gasteiger partial charge in [0.1, 0.15) is 24.0 Å². The summed E-state index contributed by atoms with van der Waals surface area (Å²) in [5.41, 5.74) is 4.21. The van der Waals surface area contributed by atoms with E-state index in [1.165, 1.54) is 6.42 Å². The van der Waals surface area contributed by atoms with Gasteiger partial charge in [-0.2, -0.15) is 5.26 Å². The van der Waals surface area contributed by atoms with Crippen molar-refractivity contribution in [1.82, 2.24) is 4.57 Å². The molecule has 1 aromatic heterocycles. The predicted octanol–water partition coefficient (Wildman–Crippen LogP) is 7.06. The zero-order valence-electron chi connectivity index (χ0n) is 21.8. The smallest absolute Gasteiger partial charge is 0.411 e. The highest BCUT2D eigenvalue weighted by atomic mass is 16.6. The molecule has 1 aliphatic heterocycles. The largest absolute Gasteiger partial charge is 0.488 e. The molecule has 3 aromatic rings. The van der Waals surface area contributed by atoms with Crippen molar-refractivity contribution in [2.75, 3.05) is 18.5 Å². The number of nitrogens with zero attached hydrogens (tertiary/aromatic N) is 2. The van der Waals surface area contributed by atoms with E-state index >= 15 is 0 Å². The van der Waals surface area contributed by atoms with Crippen molar-refractivity contribution in [1.29, 1.82) is 5.26 Å². The van der Waals surface area contributed by atoms with Crippen molar-refractivity contribution in [3.63, 3.8) is 0 Å². The number of benzene rings is 2. The number of fused-ring (bicyclic) bond motifs is 1. The second kappa shape index (κ2) is 10.9. The average Bonchev–Trinajstić information content (AvgIpc) is 3.49. The summed E-state index contributed by atoms with van der Waals surface area (Å²) >= 11 is 0. The monoisotopic (exact) mass is 501 g/mol. The van der Waals surface area contributed by atoms with Gasteiger partial charge in [-0.3, -0.25) is 5.32 Å². The van der Waals surface area contributed by atoms with Gasteiger partial charge in [0.25, 0.3) is 0 Å². The fourth-order valence-corrected chi connectivity index (χ4v) is 5.06. The number of ether oxygens (including phenoxy) is 3. The molecule has 0 bridgehead atoms. The first-order chi connectivity index (χ1) is 18.0. The third-order valence-corrected chi connectivity index (χ3v) is 7.86. The van der Waals surface area contributed by atoms with Crippen LogP contribution in [-0.2, 0) is 9.47 Å². The molecule has 1 saturated heterocycles. The highest BCUT2D eigenvalue weighted by Gasteiger charge is 2.28. The molecular weight excluding hydrogens is 466 g/mol. The molecule has 7 nitrogen and oxygen atoms in total. The lowest BCUT2D eigenvalue weighted by molar-refractivity contribution is 0.0877. The van der Waals surface area contributed by atoms with E-state index in [1.807, 2.05) is 43.3 Å². The molecule has 2 aliphatic rings. The summed E-state index contributed by atoms with van der Waals surface area (Å²) < 4.78 is 19.5. The van der Waals surface area contributed by atoms with Gasteiger partial charge in [-0.15, -0.1) is 0 Å². The number of hydrogen-bond acceptors (Lipinski definition) is 5. The van der Waals surface area contributed by atoms with Crippen LogP contribution in [0.2, 0.25) is 0 Å². The van der Waals surface area contributed by atoms with E-state index in [1.54, 1.807) is 0 Å². The Hall–Kier alpha value is -3.50. The lowest BCUT2D eigenvalue weighted by Crippen LogP contribution is -2.25. The van der Waals surface area contributed by atoms with E-state index in [4.69, 9.17) is 14.2 Å². The number of nitriles is 1. The van der Waals surface area contributed by atoms with Crippen LogP contribution in [0.1, 0.15) is 64.5 Å². The standard InChI is InChI=1S/C30H35N3O4/c1-4-19(2)20(3)36-30(34)32-22-10-8-21(9-11-22)29-27(17-31)26-13-12-24(37-25-14-15-35-18-25)16-28(26)33(29)23-6-5-7-23/h8-13,16,19-20,23,25H,4-7,14-15,18H2,1-3H3,(H,32,34). The van der Waals surface area contributed by atoms with Crippen LogP contribution in [0.15, 0.2) is 42.5 Å². The molecular formula is C30H35N3O4. The minimum atomic E-state index is -0.456. The quantitative estimate of drug-likeness (QED) is 0.357. The number of amides is 1. The highest BCUT2D eigenvalue weighted by Crippen LogP contribution is 2.43. The molecule has 2 aromatic carbocycles. The zero-order valence-corrected chi connectivity index (χ0v) is 21.8. The third kappa shape index (κ3) is 5.17. The Bertz CT molecular complexity index is 1300. The van der Waals surface area contributed by atoms with Crippen molar-refractivity contribution in [2.45, 2.75) is 71.1 Å². The molecule has 3 unspecified atom stereocenters. The summed E-state index contributed by atoms with van der Waals surface area (Å²) in [5, 5.41) is 14.0. The molecule has 0 radical (unpaired) electrons. The number of hydrogen-bond donors (Lipinski definition) is 1. The molecule has 1 amide bonds. The van der Waals surface area contributed by atoms with Crippen LogP contribution in [0.4, 0.5) is 10.5 Å². The normalized spacial score (nSPS) is 19.1. The Balaban J connectivity index is 1.45. The van der Waals surface area contributed by atoms with Crippen molar-refractivity contribution >= 4 is 22.7 Å². The van der Waals surface area contributed by atoms with Crippen molar-refractivity contribution in [3.05, 3.63) is 48.0 Å². The molecule has 194 valence electrons. The number of carbonyl (C=O) groups excluding carboxylic acids is 1. The lowest BCUT2D eigenvalue weighted by atomic mass is 9.92. The third-order valence-electron chi connectivity index (χ3n) is 7.86. The molecule has 37 heavy (non-hydrogen) atoms. The molecule has 7 heteroatoms. The van der Waals surface area contributed by atoms with Crippen LogP contribution in [-0.4, -0.2) is 36.1 Å². The lowest BCUT2D eigenvalue weighted by Gasteiger charge is -2.30. The second-order valence-electron chi connectivity index (χ2n) is 10.3. The van der Waals surface area contributed by atoms with E-state index < -0.39 is 6.09 Å². The van der Waals surface area contributed by atoms with Gasteiger partial charge in [-0.25, -0.2) is 4.79 Å². The van der Waals surface area contributed by atoms with Gasteiger partial charge in [-0.1, -0.05) is 32.4 Å². The molecule has 5 rings (SSSR count).